The van der Waals surface area contributed by atoms with Gasteiger partial charge in [0, 0.05) is 25.7 Å². The number of hydrogen-bond acceptors (Lipinski definition) is 3. The van der Waals surface area contributed by atoms with Crippen molar-refractivity contribution in [2.75, 3.05) is 38.3 Å². The summed E-state index contributed by atoms with van der Waals surface area (Å²) >= 11 is 0. The van der Waals surface area contributed by atoms with Crippen LogP contribution >= 0.6 is 0 Å². The number of hydrogen-bond donors (Lipinski definition) is 1. The fourth-order valence-corrected chi connectivity index (χ4v) is 2.34. The number of ether oxygens (including phenoxy) is 1. The average Bonchev–Trinajstić information content (AvgIpc) is 2.66. The fraction of sp³-hybridized carbons (Fsp3) is 0.571. The molecule has 1 fully saturated rings. The van der Waals surface area contributed by atoms with E-state index in [1.807, 2.05) is 20.0 Å². The highest BCUT2D eigenvalue weighted by atomic mass is 19.1. The van der Waals surface area contributed by atoms with Gasteiger partial charge in [0.05, 0.1) is 12.3 Å². The maximum absolute atomic E-state index is 14.2. The summed E-state index contributed by atoms with van der Waals surface area (Å²) in [5, 5.41) is 3.18. The van der Waals surface area contributed by atoms with Gasteiger partial charge in [0.15, 0.2) is 0 Å². The highest BCUT2D eigenvalue weighted by Crippen LogP contribution is 2.29. The van der Waals surface area contributed by atoms with Gasteiger partial charge in [0.1, 0.15) is 5.82 Å². The monoisotopic (exact) mass is 252 g/mol. The molecule has 0 saturated carbocycles. The van der Waals surface area contributed by atoms with Crippen LogP contribution in [0.2, 0.25) is 0 Å². The Hall–Kier alpha value is -1.13. The molecular weight excluding hydrogens is 231 g/mol. The van der Waals surface area contributed by atoms with E-state index in [1.54, 1.807) is 6.07 Å². The molecule has 3 nitrogen and oxygen atoms in total. The Morgan fingerprint density at radius 2 is 2.17 bits per heavy atom. The third-order valence-electron chi connectivity index (χ3n) is 3.46. The van der Waals surface area contributed by atoms with Crippen LogP contribution in [0.4, 0.5) is 10.1 Å². The lowest BCUT2D eigenvalue weighted by Crippen LogP contribution is -2.29. The van der Waals surface area contributed by atoms with Crippen molar-refractivity contribution >= 4 is 5.69 Å². The molecule has 1 heterocycles. The maximum Gasteiger partial charge on any atom is 0.146 e. The fourth-order valence-electron chi connectivity index (χ4n) is 2.34. The molecule has 1 unspecified atom stereocenters. The first-order chi connectivity index (χ1) is 8.74. The second-order valence-corrected chi connectivity index (χ2v) is 4.64. The van der Waals surface area contributed by atoms with Crippen molar-refractivity contribution in [1.29, 1.82) is 0 Å². The van der Waals surface area contributed by atoms with E-state index in [-0.39, 0.29) is 11.9 Å². The van der Waals surface area contributed by atoms with Crippen LogP contribution in [0.3, 0.4) is 0 Å². The summed E-state index contributed by atoms with van der Waals surface area (Å²) < 4.78 is 19.6. The predicted octanol–water partition coefficient (Wildman–Crippen LogP) is 2.33. The molecule has 1 saturated heterocycles. The molecule has 1 aliphatic heterocycles. The Morgan fingerprint density at radius 3 is 2.94 bits per heavy atom. The van der Waals surface area contributed by atoms with Crippen LogP contribution in [0.15, 0.2) is 18.2 Å². The summed E-state index contributed by atoms with van der Waals surface area (Å²) in [4.78, 5) is 2.10. The first kappa shape index (κ1) is 13.3. The topological polar surface area (TPSA) is 24.5 Å². The van der Waals surface area contributed by atoms with E-state index in [9.17, 15) is 4.39 Å². The van der Waals surface area contributed by atoms with Gasteiger partial charge in [-0.15, -0.1) is 0 Å². The van der Waals surface area contributed by atoms with E-state index < -0.39 is 0 Å². The van der Waals surface area contributed by atoms with Crippen molar-refractivity contribution in [2.45, 2.75) is 19.4 Å². The molecule has 0 bridgehead atoms. The molecule has 0 aromatic heterocycles. The molecular formula is C14H21FN2O. The van der Waals surface area contributed by atoms with E-state index in [0.717, 1.165) is 37.4 Å². The largest absolute Gasteiger partial charge is 0.380 e. The summed E-state index contributed by atoms with van der Waals surface area (Å²) in [7, 11) is 1.89. The lowest BCUT2D eigenvalue weighted by Gasteiger charge is -2.27. The van der Waals surface area contributed by atoms with Crippen molar-refractivity contribution < 1.29 is 9.13 Å². The first-order valence-electron chi connectivity index (χ1n) is 6.52. The molecule has 0 amide bonds. The summed E-state index contributed by atoms with van der Waals surface area (Å²) in [6.45, 7) is 5.09. The van der Waals surface area contributed by atoms with E-state index in [0.29, 0.717) is 6.61 Å². The van der Waals surface area contributed by atoms with Crippen molar-refractivity contribution in [3.8, 4) is 0 Å². The number of nitrogens with zero attached hydrogens (tertiary/aromatic N) is 1. The molecule has 1 aromatic rings. The Morgan fingerprint density at radius 1 is 1.33 bits per heavy atom. The SMILES string of the molecule is CNC(C)c1cccc(F)c1N1CCCOCC1. The minimum atomic E-state index is -0.142. The van der Waals surface area contributed by atoms with Gasteiger partial charge in [-0.05, 0) is 32.0 Å². The minimum absolute atomic E-state index is 0.139. The van der Waals surface area contributed by atoms with Crippen LogP contribution in [0.25, 0.3) is 0 Å². The lowest BCUT2D eigenvalue weighted by molar-refractivity contribution is 0.152. The molecule has 1 atom stereocenters. The smallest absolute Gasteiger partial charge is 0.146 e. The molecule has 4 heteroatoms. The van der Waals surface area contributed by atoms with Gasteiger partial charge in [-0.1, -0.05) is 12.1 Å². The summed E-state index contributed by atoms with van der Waals surface area (Å²) in [6, 6.07) is 5.44. The Labute approximate surface area is 108 Å². The van der Waals surface area contributed by atoms with E-state index in [2.05, 4.69) is 10.2 Å². The molecule has 1 aliphatic rings. The number of rotatable bonds is 3. The van der Waals surface area contributed by atoms with Gasteiger partial charge >= 0.3 is 0 Å². The van der Waals surface area contributed by atoms with Gasteiger partial charge in [0.2, 0.25) is 0 Å². The number of halogens is 1. The zero-order valence-corrected chi connectivity index (χ0v) is 11.1. The number of para-hydroxylation sites is 1. The minimum Gasteiger partial charge on any atom is -0.380 e. The molecule has 1 N–H and O–H groups in total. The lowest BCUT2D eigenvalue weighted by atomic mass is 10.0. The molecule has 2 rings (SSSR count). The van der Waals surface area contributed by atoms with Crippen molar-refractivity contribution in [2.24, 2.45) is 0 Å². The van der Waals surface area contributed by atoms with Gasteiger partial charge in [-0.3, -0.25) is 0 Å². The molecule has 1 aromatic carbocycles. The highest BCUT2D eigenvalue weighted by Gasteiger charge is 2.19. The molecule has 100 valence electrons. The number of nitrogens with one attached hydrogen (secondary N) is 1. The van der Waals surface area contributed by atoms with Crippen LogP contribution in [-0.2, 0) is 4.74 Å². The van der Waals surface area contributed by atoms with Crippen LogP contribution < -0.4 is 10.2 Å². The van der Waals surface area contributed by atoms with Crippen molar-refractivity contribution in [3.63, 3.8) is 0 Å². The average molecular weight is 252 g/mol. The third-order valence-corrected chi connectivity index (χ3v) is 3.46. The standard InChI is InChI=1S/C14H21FN2O/c1-11(16-2)12-5-3-6-13(15)14(12)17-7-4-9-18-10-8-17/h3,5-6,11,16H,4,7-10H2,1-2H3. The van der Waals surface area contributed by atoms with E-state index >= 15 is 0 Å². The van der Waals surface area contributed by atoms with Crippen LogP contribution in [0.1, 0.15) is 24.9 Å². The Bertz CT molecular complexity index is 389. The van der Waals surface area contributed by atoms with E-state index in [4.69, 9.17) is 4.74 Å². The van der Waals surface area contributed by atoms with E-state index in [1.165, 1.54) is 6.07 Å². The second-order valence-electron chi connectivity index (χ2n) is 4.64. The van der Waals surface area contributed by atoms with Crippen LogP contribution in [0.5, 0.6) is 0 Å². The summed E-state index contributed by atoms with van der Waals surface area (Å²) in [6.07, 6.45) is 0.946. The summed E-state index contributed by atoms with van der Waals surface area (Å²) in [5.74, 6) is -0.142. The zero-order chi connectivity index (χ0) is 13.0. The normalized spacial score (nSPS) is 18.5. The Balaban J connectivity index is 2.34. The Kier molecular flexibility index (Phi) is 4.55. The van der Waals surface area contributed by atoms with Crippen molar-refractivity contribution in [1.82, 2.24) is 5.32 Å². The van der Waals surface area contributed by atoms with Gasteiger partial charge < -0.3 is 15.0 Å². The van der Waals surface area contributed by atoms with Crippen LogP contribution in [-0.4, -0.2) is 33.4 Å². The molecule has 18 heavy (non-hydrogen) atoms. The molecule has 0 aliphatic carbocycles. The molecule has 0 radical (unpaired) electrons. The highest BCUT2D eigenvalue weighted by molar-refractivity contribution is 5.56. The number of benzene rings is 1. The second kappa shape index (κ2) is 6.16. The van der Waals surface area contributed by atoms with Gasteiger partial charge in [-0.25, -0.2) is 4.39 Å². The van der Waals surface area contributed by atoms with Gasteiger partial charge in [-0.2, -0.15) is 0 Å². The third kappa shape index (κ3) is 2.82. The quantitative estimate of drug-likeness (QED) is 0.893. The first-order valence-corrected chi connectivity index (χ1v) is 6.52. The molecule has 0 spiro atoms. The van der Waals surface area contributed by atoms with Crippen LogP contribution in [0, 0.1) is 5.82 Å². The van der Waals surface area contributed by atoms with Gasteiger partial charge in [0.25, 0.3) is 0 Å². The maximum atomic E-state index is 14.2. The van der Waals surface area contributed by atoms with Crippen molar-refractivity contribution in [3.05, 3.63) is 29.6 Å². The summed E-state index contributed by atoms with van der Waals surface area (Å²) in [5.41, 5.74) is 1.74. The zero-order valence-electron chi connectivity index (χ0n) is 11.1. The predicted molar refractivity (Wildman–Crippen MR) is 71.5 cm³/mol. The number of anilines is 1.